The highest BCUT2D eigenvalue weighted by Gasteiger charge is 2.25. The molecule has 1 saturated carbocycles. The zero-order valence-corrected chi connectivity index (χ0v) is 12.8. The Morgan fingerprint density at radius 2 is 1.86 bits per heavy atom. The van der Waals surface area contributed by atoms with E-state index >= 15 is 0 Å². The van der Waals surface area contributed by atoms with Crippen LogP contribution in [0.5, 0.6) is 0 Å². The summed E-state index contributed by atoms with van der Waals surface area (Å²) in [5.74, 6) is -0.606. The predicted molar refractivity (Wildman–Crippen MR) is 82.6 cm³/mol. The van der Waals surface area contributed by atoms with E-state index in [0.29, 0.717) is 12.5 Å². The van der Waals surface area contributed by atoms with Crippen molar-refractivity contribution in [3.05, 3.63) is 35.4 Å². The summed E-state index contributed by atoms with van der Waals surface area (Å²) in [4.78, 5) is 23.8. The molecule has 0 heterocycles. The van der Waals surface area contributed by atoms with Gasteiger partial charge in [0.25, 0.3) is 0 Å². The van der Waals surface area contributed by atoms with Gasteiger partial charge in [0.2, 0.25) is 0 Å². The Kier molecular flexibility index (Phi) is 5.37. The monoisotopic (exact) mass is 288 g/mol. The molecule has 2 N–H and O–H groups in total. The first-order valence-corrected chi connectivity index (χ1v) is 7.71. The Bertz CT molecular complexity index is 513. The van der Waals surface area contributed by atoms with E-state index in [1.165, 1.54) is 6.42 Å². The molecule has 1 aromatic carbocycles. The van der Waals surface area contributed by atoms with E-state index in [9.17, 15) is 9.59 Å². The molecule has 0 spiro atoms. The molecule has 4 heteroatoms. The number of amides is 2. The molecule has 2 amide bonds. The highest BCUT2D eigenvalue weighted by molar-refractivity contribution is 6.35. The molecule has 114 valence electrons. The third kappa shape index (κ3) is 4.31. The molecule has 4 nitrogen and oxygen atoms in total. The minimum absolute atomic E-state index is 0.135. The molecule has 1 fully saturated rings. The third-order valence-corrected chi connectivity index (χ3v) is 4.33. The van der Waals surface area contributed by atoms with Crippen LogP contribution in [0.2, 0.25) is 0 Å². The maximum atomic E-state index is 11.9. The van der Waals surface area contributed by atoms with Crippen LogP contribution in [-0.4, -0.2) is 17.9 Å². The van der Waals surface area contributed by atoms with Gasteiger partial charge >= 0.3 is 11.8 Å². The second kappa shape index (κ2) is 7.25. The van der Waals surface area contributed by atoms with Crippen LogP contribution in [0.1, 0.15) is 43.7 Å². The summed E-state index contributed by atoms with van der Waals surface area (Å²) in [5, 5.41) is 5.56. The van der Waals surface area contributed by atoms with E-state index in [4.69, 9.17) is 0 Å². The first kappa shape index (κ1) is 15.5. The summed E-state index contributed by atoms with van der Waals surface area (Å²) in [6.45, 7) is 4.51. The van der Waals surface area contributed by atoms with Crippen LogP contribution in [0.4, 0.5) is 0 Å². The lowest BCUT2D eigenvalue weighted by atomic mass is 9.86. The molecule has 21 heavy (non-hydrogen) atoms. The second-order valence-electron chi connectivity index (χ2n) is 5.95. The van der Waals surface area contributed by atoms with Gasteiger partial charge in [-0.3, -0.25) is 9.59 Å². The number of nitrogens with one attached hydrogen (secondary N) is 2. The minimum atomic E-state index is -0.545. The van der Waals surface area contributed by atoms with Crippen LogP contribution in [0, 0.1) is 12.8 Å². The van der Waals surface area contributed by atoms with Gasteiger partial charge in [-0.2, -0.15) is 0 Å². The summed E-state index contributed by atoms with van der Waals surface area (Å²) in [7, 11) is 0. The molecule has 0 saturated heterocycles. The molecular weight excluding hydrogens is 264 g/mol. The highest BCUT2D eigenvalue weighted by Crippen LogP contribution is 2.23. The zero-order chi connectivity index (χ0) is 15.2. The van der Waals surface area contributed by atoms with Gasteiger partial charge in [0.15, 0.2) is 0 Å². The predicted octanol–water partition coefficient (Wildman–Crippen LogP) is 2.31. The van der Waals surface area contributed by atoms with Gasteiger partial charge < -0.3 is 10.6 Å². The first-order valence-electron chi connectivity index (χ1n) is 7.71. The minimum Gasteiger partial charge on any atom is -0.345 e. The van der Waals surface area contributed by atoms with Crippen molar-refractivity contribution in [1.29, 1.82) is 0 Å². The summed E-state index contributed by atoms with van der Waals surface area (Å²) >= 11 is 0. The Morgan fingerprint density at radius 3 is 2.57 bits per heavy atom. The number of carbonyl (C=O) groups excluding carboxylic acids is 2. The van der Waals surface area contributed by atoms with Crippen LogP contribution in [0.25, 0.3) is 0 Å². The molecular formula is C17H24N2O2. The lowest BCUT2D eigenvalue weighted by molar-refractivity contribution is -0.140. The fourth-order valence-corrected chi connectivity index (χ4v) is 2.83. The SMILES string of the molecule is Cc1ccccc1CNC(=O)C(=O)N[C@@H]1CCCC[C@@H]1C. The van der Waals surface area contributed by atoms with Gasteiger partial charge in [-0.25, -0.2) is 0 Å². The average molecular weight is 288 g/mol. The van der Waals surface area contributed by atoms with Gasteiger partial charge in [-0.1, -0.05) is 44.0 Å². The van der Waals surface area contributed by atoms with Crippen molar-refractivity contribution in [2.75, 3.05) is 0 Å². The van der Waals surface area contributed by atoms with Gasteiger partial charge in [0.05, 0.1) is 0 Å². The summed E-state index contributed by atoms with van der Waals surface area (Å²) < 4.78 is 0. The van der Waals surface area contributed by atoms with Gasteiger partial charge in [0, 0.05) is 12.6 Å². The number of hydrogen-bond acceptors (Lipinski definition) is 2. The third-order valence-electron chi connectivity index (χ3n) is 4.33. The fraction of sp³-hybridized carbons (Fsp3) is 0.529. The molecule has 0 aliphatic heterocycles. The Hall–Kier alpha value is -1.84. The highest BCUT2D eigenvalue weighted by atomic mass is 16.2. The van der Waals surface area contributed by atoms with E-state index in [1.807, 2.05) is 31.2 Å². The Labute approximate surface area is 126 Å². The summed E-state index contributed by atoms with van der Waals surface area (Å²) in [5.41, 5.74) is 2.14. The molecule has 1 aliphatic carbocycles. The van der Waals surface area contributed by atoms with Crippen molar-refractivity contribution in [1.82, 2.24) is 10.6 Å². The fourth-order valence-electron chi connectivity index (χ4n) is 2.83. The molecule has 1 aromatic rings. The number of carbonyl (C=O) groups is 2. The van der Waals surface area contributed by atoms with E-state index in [0.717, 1.165) is 30.4 Å². The van der Waals surface area contributed by atoms with Crippen LogP contribution < -0.4 is 10.6 Å². The van der Waals surface area contributed by atoms with Crippen molar-refractivity contribution in [2.45, 2.75) is 52.1 Å². The van der Waals surface area contributed by atoms with Crippen molar-refractivity contribution < 1.29 is 9.59 Å². The normalized spacial score (nSPS) is 21.6. The van der Waals surface area contributed by atoms with E-state index in [2.05, 4.69) is 17.6 Å². The van der Waals surface area contributed by atoms with Crippen LogP contribution >= 0.6 is 0 Å². The Morgan fingerprint density at radius 1 is 1.14 bits per heavy atom. The van der Waals surface area contributed by atoms with Gasteiger partial charge in [-0.05, 0) is 36.8 Å². The second-order valence-corrected chi connectivity index (χ2v) is 5.95. The van der Waals surface area contributed by atoms with E-state index in [1.54, 1.807) is 0 Å². The molecule has 1 aliphatic rings. The van der Waals surface area contributed by atoms with Crippen molar-refractivity contribution in [2.24, 2.45) is 5.92 Å². The standard InChI is InChI=1S/C17H24N2O2/c1-12-7-3-5-9-14(12)11-18-16(20)17(21)19-15-10-6-4-8-13(15)2/h3,5,7,9,13,15H,4,6,8,10-11H2,1-2H3,(H,18,20)(H,19,21)/t13-,15+/m0/s1. The maximum Gasteiger partial charge on any atom is 0.309 e. The maximum absolute atomic E-state index is 11.9. The average Bonchev–Trinajstić information content (AvgIpc) is 2.48. The number of hydrogen-bond donors (Lipinski definition) is 2. The molecule has 2 rings (SSSR count). The topological polar surface area (TPSA) is 58.2 Å². The molecule has 2 atom stereocenters. The van der Waals surface area contributed by atoms with E-state index < -0.39 is 11.8 Å². The van der Waals surface area contributed by atoms with Gasteiger partial charge in [-0.15, -0.1) is 0 Å². The quantitative estimate of drug-likeness (QED) is 0.839. The van der Waals surface area contributed by atoms with E-state index in [-0.39, 0.29) is 6.04 Å². The number of aryl methyl sites for hydroxylation is 1. The van der Waals surface area contributed by atoms with Gasteiger partial charge in [0.1, 0.15) is 0 Å². The molecule has 0 bridgehead atoms. The van der Waals surface area contributed by atoms with Crippen LogP contribution in [-0.2, 0) is 16.1 Å². The zero-order valence-electron chi connectivity index (χ0n) is 12.8. The Balaban J connectivity index is 1.82. The lowest BCUT2D eigenvalue weighted by Gasteiger charge is -2.29. The first-order chi connectivity index (χ1) is 10.1. The smallest absolute Gasteiger partial charge is 0.309 e. The summed E-state index contributed by atoms with van der Waals surface area (Å²) in [6.07, 6.45) is 4.43. The van der Waals surface area contributed by atoms with Crippen LogP contribution in [0.15, 0.2) is 24.3 Å². The number of rotatable bonds is 3. The van der Waals surface area contributed by atoms with Crippen molar-refractivity contribution in [3.63, 3.8) is 0 Å². The molecule has 0 aromatic heterocycles. The van der Waals surface area contributed by atoms with Crippen molar-refractivity contribution in [3.8, 4) is 0 Å². The lowest BCUT2D eigenvalue weighted by Crippen LogP contribution is -2.47. The molecule has 0 unspecified atom stereocenters. The molecule has 0 radical (unpaired) electrons. The largest absolute Gasteiger partial charge is 0.345 e. The number of benzene rings is 1. The summed E-state index contributed by atoms with van der Waals surface area (Å²) in [6, 6.07) is 7.97. The van der Waals surface area contributed by atoms with Crippen LogP contribution in [0.3, 0.4) is 0 Å². The van der Waals surface area contributed by atoms with Crippen molar-refractivity contribution >= 4 is 11.8 Å².